The zero-order chi connectivity index (χ0) is 14.8. The SMILES string of the molecule is CN(C)CCO[C@@H]1CN(C(=O)c2ccc[nH]2)[C@H]2COC[C@@H]12. The van der Waals surface area contributed by atoms with Crippen LogP contribution in [0.3, 0.4) is 0 Å². The number of carbonyl (C=O) groups is 1. The Kier molecular flexibility index (Phi) is 4.28. The van der Waals surface area contributed by atoms with Gasteiger partial charge in [0.2, 0.25) is 0 Å². The molecule has 0 bridgehead atoms. The molecule has 1 N–H and O–H groups in total. The van der Waals surface area contributed by atoms with Crippen molar-refractivity contribution >= 4 is 5.91 Å². The minimum absolute atomic E-state index is 0.0409. The highest BCUT2D eigenvalue weighted by Crippen LogP contribution is 2.33. The van der Waals surface area contributed by atoms with Crippen LogP contribution in [0.15, 0.2) is 18.3 Å². The van der Waals surface area contributed by atoms with Gasteiger partial charge in [0.25, 0.3) is 5.91 Å². The Labute approximate surface area is 125 Å². The van der Waals surface area contributed by atoms with Gasteiger partial charge in [-0.15, -0.1) is 0 Å². The van der Waals surface area contributed by atoms with Crippen molar-refractivity contribution in [3.8, 4) is 0 Å². The molecule has 3 atom stereocenters. The first-order valence-corrected chi connectivity index (χ1v) is 7.45. The molecule has 2 aliphatic heterocycles. The highest BCUT2D eigenvalue weighted by molar-refractivity contribution is 5.93. The summed E-state index contributed by atoms with van der Waals surface area (Å²) in [5, 5.41) is 0. The molecule has 21 heavy (non-hydrogen) atoms. The van der Waals surface area contributed by atoms with E-state index in [1.807, 2.05) is 31.1 Å². The average Bonchev–Trinajstić information content (AvgIpc) is 3.16. The van der Waals surface area contributed by atoms with Crippen LogP contribution in [0.25, 0.3) is 0 Å². The molecule has 0 saturated carbocycles. The number of hydrogen-bond donors (Lipinski definition) is 1. The van der Waals surface area contributed by atoms with Gasteiger partial charge in [0, 0.05) is 25.2 Å². The van der Waals surface area contributed by atoms with Crippen LogP contribution in [0.2, 0.25) is 0 Å². The van der Waals surface area contributed by atoms with E-state index in [0.29, 0.717) is 38.0 Å². The van der Waals surface area contributed by atoms with Crippen LogP contribution in [0.5, 0.6) is 0 Å². The first kappa shape index (κ1) is 14.6. The van der Waals surface area contributed by atoms with Crippen molar-refractivity contribution in [3.05, 3.63) is 24.0 Å². The fourth-order valence-corrected chi connectivity index (χ4v) is 3.11. The lowest BCUT2D eigenvalue weighted by Crippen LogP contribution is -2.38. The Morgan fingerprint density at radius 1 is 1.52 bits per heavy atom. The van der Waals surface area contributed by atoms with Gasteiger partial charge in [-0.3, -0.25) is 4.79 Å². The van der Waals surface area contributed by atoms with E-state index in [1.165, 1.54) is 0 Å². The molecule has 116 valence electrons. The second kappa shape index (κ2) is 6.17. The van der Waals surface area contributed by atoms with Crippen molar-refractivity contribution in [2.75, 3.05) is 47.0 Å². The van der Waals surface area contributed by atoms with E-state index in [4.69, 9.17) is 9.47 Å². The van der Waals surface area contributed by atoms with Crippen LogP contribution in [0.4, 0.5) is 0 Å². The number of fused-ring (bicyclic) bond motifs is 1. The summed E-state index contributed by atoms with van der Waals surface area (Å²) in [6.07, 6.45) is 1.85. The van der Waals surface area contributed by atoms with Crippen LogP contribution < -0.4 is 0 Å². The summed E-state index contributed by atoms with van der Waals surface area (Å²) in [5.41, 5.74) is 0.634. The summed E-state index contributed by atoms with van der Waals surface area (Å²) in [6, 6.07) is 3.80. The lowest BCUT2D eigenvalue weighted by molar-refractivity contribution is 0.0135. The van der Waals surface area contributed by atoms with Gasteiger partial charge in [-0.2, -0.15) is 0 Å². The van der Waals surface area contributed by atoms with Gasteiger partial charge < -0.3 is 24.3 Å². The lowest BCUT2D eigenvalue weighted by atomic mass is 10.0. The largest absolute Gasteiger partial charge is 0.379 e. The predicted molar refractivity (Wildman–Crippen MR) is 78.2 cm³/mol. The van der Waals surface area contributed by atoms with Gasteiger partial charge >= 0.3 is 0 Å². The van der Waals surface area contributed by atoms with Crippen molar-refractivity contribution < 1.29 is 14.3 Å². The number of aromatic amines is 1. The van der Waals surface area contributed by atoms with Gasteiger partial charge in [0.05, 0.1) is 32.0 Å². The third-order valence-corrected chi connectivity index (χ3v) is 4.31. The summed E-state index contributed by atoms with van der Waals surface area (Å²) < 4.78 is 11.6. The highest BCUT2D eigenvalue weighted by atomic mass is 16.5. The number of likely N-dealkylation sites (N-methyl/N-ethyl adjacent to an activating group) is 1. The fraction of sp³-hybridized carbons (Fsp3) is 0.667. The molecule has 0 radical (unpaired) electrons. The molecule has 0 aliphatic carbocycles. The number of nitrogens with one attached hydrogen (secondary N) is 1. The van der Waals surface area contributed by atoms with Crippen molar-refractivity contribution in [1.29, 1.82) is 0 Å². The molecule has 2 aliphatic rings. The number of carbonyl (C=O) groups excluding carboxylic acids is 1. The number of hydrogen-bond acceptors (Lipinski definition) is 4. The first-order valence-electron chi connectivity index (χ1n) is 7.45. The van der Waals surface area contributed by atoms with Gasteiger partial charge in [-0.1, -0.05) is 0 Å². The normalized spacial score (nSPS) is 28.3. The molecule has 2 fully saturated rings. The molecule has 1 aromatic rings. The molecule has 1 aromatic heterocycles. The molecular formula is C15H23N3O3. The minimum Gasteiger partial charge on any atom is -0.379 e. The molecule has 2 saturated heterocycles. The Hall–Kier alpha value is -1.37. The number of likely N-dealkylation sites (tertiary alicyclic amines) is 1. The summed E-state index contributed by atoms with van der Waals surface area (Å²) >= 11 is 0. The summed E-state index contributed by atoms with van der Waals surface area (Å²) in [4.78, 5) is 19.5. The molecule has 0 aromatic carbocycles. The number of H-pyrrole nitrogens is 1. The Balaban J connectivity index is 1.65. The van der Waals surface area contributed by atoms with E-state index >= 15 is 0 Å². The third kappa shape index (κ3) is 2.97. The summed E-state index contributed by atoms with van der Waals surface area (Å²) in [7, 11) is 4.06. The molecule has 6 nitrogen and oxygen atoms in total. The molecule has 0 unspecified atom stereocenters. The van der Waals surface area contributed by atoms with Crippen LogP contribution >= 0.6 is 0 Å². The number of rotatable bonds is 5. The van der Waals surface area contributed by atoms with E-state index in [9.17, 15) is 4.79 Å². The number of aromatic nitrogens is 1. The molecular weight excluding hydrogens is 270 g/mol. The molecule has 0 spiro atoms. The second-order valence-electron chi connectivity index (χ2n) is 6.02. The highest BCUT2D eigenvalue weighted by Gasteiger charge is 2.48. The van der Waals surface area contributed by atoms with E-state index in [2.05, 4.69) is 9.88 Å². The Bertz CT molecular complexity index is 475. The lowest BCUT2D eigenvalue weighted by Gasteiger charge is -2.21. The number of amides is 1. The van der Waals surface area contributed by atoms with E-state index in [-0.39, 0.29) is 18.1 Å². The maximum absolute atomic E-state index is 12.6. The average molecular weight is 293 g/mol. The van der Waals surface area contributed by atoms with E-state index in [1.54, 1.807) is 6.20 Å². The van der Waals surface area contributed by atoms with Gasteiger partial charge in [0.1, 0.15) is 5.69 Å². The third-order valence-electron chi connectivity index (χ3n) is 4.31. The van der Waals surface area contributed by atoms with Crippen LogP contribution in [0.1, 0.15) is 10.5 Å². The standard InChI is InChI=1S/C15H23N3O3/c1-17(2)6-7-21-14-8-18(13-10-20-9-11(13)14)15(19)12-4-3-5-16-12/h3-5,11,13-14,16H,6-10H2,1-2H3/t11-,13+,14-/m1/s1. The van der Waals surface area contributed by atoms with Crippen molar-refractivity contribution in [2.45, 2.75) is 12.1 Å². The summed E-state index contributed by atoms with van der Waals surface area (Å²) in [6.45, 7) is 3.53. The van der Waals surface area contributed by atoms with Gasteiger partial charge in [-0.05, 0) is 26.2 Å². The van der Waals surface area contributed by atoms with Crippen molar-refractivity contribution in [3.63, 3.8) is 0 Å². The Morgan fingerprint density at radius 2 is 2.38 bits per heavy atom. The smallest absolute Gasteiger partial charge is 0.270 e. The fourth-order valence-electron chi connectivity index (χ4n) is 3.11. The van der Waals surface area contributed by atoms with Crippen LogP contribution in [-0.2, 0) is 9.47 Å². The molecule has 6 heteroatoms. The maximum Gasteiger partial charge on any atom is 0.270 e. The zero-order valence-corrected chi connectivity index (χ0v) is 12.6. The molecule has 3 rings (SSSR count). The predicted octanol–water partition coefficient (Wildman–Crippen LogP) is 0.432. The molecule has 1 amide bonds. The first-order chi connectivity index (χ1) is 10.2. The monoisotopic (exact) mass is 293 g/mol. The van der Waals surface area contributed by atoms with Gasteiger partial charge in [-0.25, -0.2) is 0 Å². The second-order valence-corrected chi connectivity index (χ2v) is 6.02. The number of nitrogens with zero attached hydrogens (tertiary/aromatic N) is 2. The topological polar surface area (TPSA) is 57.8 Å². The van der Waals surface area contributed by atoms with Gasteiger partial charge in [0.15, 0.2) is 0 Å². The van der Waals surface area contributed by atoms with Crippen LogP contribution in [-0.4, -0.2) is 79.8 Å². The van der Waals surface area contributed by atoms with Crippen molar-refractivity contribution in [2.24, 2.45) is 5.92 Å². The Morgan fingerprint density at radius 3 is 3.10 bits per heavy atom. The zero-order valence-electron chi connectivity index (χ0n) is 12.6. The summed E-state index contributed by atoms with van der Waals surface area (Å²) in [5.74, 6) is 0.338. The minimum atomic E-state index is 0.0409. The maximum atomic E-state index is 12.6. The van der Waals surface area contributed by atoms with Crippen LogP contribution in [0, 0.1) is 5.92 Å². The van der Waals surface area contributed by atoms with E-state index in [0.717, 1.165) is 6.54 Å². The van der Waals surface area contributed by atoms with Crippen molar-refractivity contribution in [1.82, 2.24) is 14.8 Å². The number of ether oxygens (including phenoxy) is 2. The molecule has 3 heterocycles. The van der Waals surface area contributed by atoms with E-state index < -0.39 is 0 Å². The quantitative estimate of drug-likeness (QED) is 0.855.